The fourth-order valence-electron chi connectivity index (χ4n) is 3.46. The zero-order valence-electron chi connectivity index (χ0n) is 14.9. The Kier molecular flexibility index (Phi) is 5.64. The van der Waals surface area contributed by atoms with Crippen LogP contribution in [-0.4, -0.2) is 40.0 Å². The summed E-state index contributed by atoms with van der Waals surface area (Å²) in [4.78, 5) is 23.5. The Labute approximate surface area is 149 Å². The van der Waals surface area contributed by atoms with Gasteiger partial charge in [0.05, 0.1) is 6.61 Å². The molecule has 5 heteroatoms. The lowest BCUT2D eigenvalue weighted by molar-refractivity contribution is 0.0725. The van der Waals surface area contributed by atoms with Gasteiger partial charge in [-0.1, -0.05) is 0 Å². The number of carbonyl (C=O) groups is 1. The summed E-state index contributed by atoms with van der Waals surface area (Å²) in [6, 6.07) is 8.05. The van der Waals surface area contributed by atoms with E-state index < -0.39 is 0 Å². The van der Waals surface area contributed by atoms with Gasteiger partial charge in [0.1, 0.15) is 5.56 Å². The van der Waals surface area contributed by atoms with E-state index in [1.165, 1.54) is 5.56 Å². The lowest BCUT2D eigenvalue weighted by atomic mass is 10.0. The first kappa shape index (κ1) is 17.4. The third kappa shape index (κ3) is 4.16. The van der Waals surface area contributed by atoms with Crippen LogP contribution in [0.3, 0.4) is 0 Å². The molecule has 0 spiro atoms. The number of pyridine rings is 2. The molecule has 3 rings (SSSR count). The van der Waals surface area contributed by atoms with Gasteiger partial charge in [0.15, 0.2) is 0 Å². The number of likely N-dealkylation sites (tertiary alicyclic amines) is 1. The molecule has 1 amide bonds. The molecule has 0 aliphatic carbocycles. The molecular weight excluding hydrogens is 314 g/mol. The summed E-state index contributed by atoms with van der Waals surface area (Å²) in [6.07, 6.45) is 7.56. The van der Waals surface area contributed by atoms with Crippen LogP contribution in [0.15, 0.2) is 36.7 Å². The number of nitrogens with zero attached hydrogens (tertiary/aromatic N) is 3. The van der Waals surface area contributed by atoms with Crippen LogP contribution in [0.2, 0.25) is 0 Å². The van der Waals surface area contributed by atoms with E-state index in [1.807, 2.05) is 31.0 Å². The van der Waals surface area contributed by atoms with Crippen LogP contribution in [0.1, 0.15) is 47.8 Å². The fourth-order valence-corrected chi connectivity index (χ4v) is 3.46. The molecule has 0 N–H and O–H groups in total. The highest BCUT2D eigenvalue weighted by atomic mass is 16.5. The highest BCUT2D eigenvalue weighted by Crippen LogP contribution is 2.26. The molecule has 132 valence electrons. The number of carbonyl (C=O) groups excluding carboxylic acids is 1. The van der Waals surface area contributed by atoms with Crippen molar-refractivity contribution in [1.82, 2.24) is 14.9 Å². The van der Waals surface area contributed by atoms with E-state index in [9.17, 15) is 4.79 Å². The molecule has 1 atom stereocenters. The van der Waals surface area contributed by atoms with E-state index in [4.69, 9.17) is 4.74 Å². The maximum Gasteiger partial charge on any atom is 0.259 e. The number of amides is 1. The summed E-state index contributed by atoms with van der Waals surface area (Å²) in [6.45, 7) is 5.21. The summed E-state index contributed by atoms with van der Waals surface area (Å²) in [5.41, 5.74) is 2.88. The van der Waals surface area contributed by atoms with Gasteiger partial charge in [0.2, 0.25) is 5.88 Å². The molecule has 3 heterocycles. The maximum atomic E-state index is 13.0. The number of hydrogen-bond acceptors (Lipinski definition) is 4. The number of ether oxygens (including phenoxy) is 1. The highest BCUT2D eigenvalue weighted by Gasteiger charge is 2.30. The van der Waals surface area contributed by atoms with Crippen molar-refractivity contribution < 1.29 is 9.53 Å². The zero-order chi connectivity index (χ0) is 17.6. The molecule has 0 unspecified atom stereocenters. The summed E-state index contributed by atoms with van der Waals surface area (Å²) >= 11 is 0. The minimum Gasteiger partial charge on any atom is -0.477 e. The third-order valence-corrected chi connectivity index (χ3v) is 4.65. The summed E-state index contributed by atoms with van der Waals surface area (Å²) in [7, 11) is 0. The molecule has 1 aliphatic rings. The van der Waals surface area contributed by atoms with Crippen molar-refractivity contribution in [2.24, 2.45) is 0 Å². The Balaban J connectivity index is 1.70. The maximum absolute atomic E-state index is 13.0. The predicted octanol–water partition coefficient (Wildman–Crippen LogP) is 3.42. The van der Waals surface area contributed by atoms with E-state index in [2.05, 4.69) is 22.1 Å². The molecule has 1 fully saturated rings. The largest absolute Gasteiger partial charge is 0.477 e. The van der Waals surface area contributed by atoms with Gasteiger partial charge < -0.3 is 9.64 Å². The van der Waals surface area contributed by atoms with Crippen molar-refractivity contribution in [3.8, 4) is 5.88 Å². The van der Waals surface area contributed by atoms with E-state index in [0.717, 1.165) is 37.9 Å². The Morgan fingerprint density at radius 1 is 1.32 bits per heavy atom. The van der Waals surface area contributed by atoms with Gasteiger partial charge in [-0.25, -0.2) is 4.98 Å². The molecule has 1 aliphatic heterocycles. The predicted molar refractivity (Wildman–Crippen MR) is 96.8 cm³/mol. The third-order valence-electron chi connectivity index (χ3n) is 4.65. The number of aryl methyl sites for hydroxylation is 2. The monoisotopic (exact) mass is 339 g/mol. The smallest absolute Gasteiger partial charge is 0.259 e. The first-order chi connectivity index (χ1) is 12.2. The fraction of sp³-hybridized carbons (Fsp3) is 0.450. The Bertz CT molecular complexity index is 732. The number of rotatable bonds is 6. The molecule has 2 aromatic heterocycles. The van der Waals surface area contributed by atoms with E-state index >= 15 is 0 Å². The molecular formula is C20H25N3O2. The number of aromatic nitrogens is 2. The van der Waals surface area contributed by atoms with Gasteiger partial charge in [-0.2, -0.15) is 0 Å². The SMILES string of the molecule is CCOc1ncccc1C(=O)N1CCC[C@H]1CCc1ccnc(C)c1. The Morgan fingerprint density at radius 3 is 3.00 bits per heavy atom. The quantitative estimate of drug-likeness (QED) is 0.809. The van der Waals surface area contributed by atoms with Crippen molar-refractivity contribution in [2.45, 2.75) is 45.6 Å². The Morgan fingerprint density at radius 2 is 2.20 bits per heavy atom. The van der Waals surface area contributed by atoms with Gasteiger partial charge in [-0.3, -0.25) is 9.78 Å². The van der Waals surface area contributed by atoms with Gasteiger partial charge in [0.25, 0.3) is 5.91 Å². The van der Waals surface area contributed by atoms with Gasteiger partial charge in [0, 0.05) is 30.7 Å². The van der Waals surface area contributed by atoms with Gasteiger partial charge >= 0.3 is 0 Å². The van der Waals surface area contributed by atoms with Crippen molar-refractivity contribution in [1.29, 1.82) is 0 Å². The van der Waals surface area contributed by atoms with Crippen molar-refractivity contribution in [2.75, 3.05) is 13.2 Å². The average molecular weight is 339 g/mol. The average Bonchev–Trinajstić information content (AvgIpc) is 3.09. The highest BCUT2D eigenvalue weighted by molar-refractivity contribution is 5.96. The van der Waals surface area contributed by atoms with Crippen molar-refractivity contribution >= 4 is 5.91 Å². The molecule has 5 nitrogen and oxygen atoms in total. The van der Waals surface area contributed by atoms with Crippen LogP contribution < -0.4 is 4.74 Å². The normalized spacial score (nSPS) is 16.9. The van der Waals surface area contributed by atoms with Crippen molar-refractivity contribution in [3.63, 3.8) is 0 Å². The molecule has 0 aromatic carbocycles. The van der Waals surface area contributed by atoms with Crippen LogP contribution in [0, 0.1) is 6.92 Å². The van der Waals surface area contributed by atoms with Gasteiger partial charge in [-0.05, 0) is 69.4 Å². The molecule has 1 saturated heterocycles. The minimum absolute atomic E-state index is 0.0324. The standard InChI is InChI=1S/C20H25N3O2/c1-3-25-19-18(7-4-11-22-19)20(24)23-13-5-6-17(23)9-8-16-10-12-21-15(2)14-16/h4,7,10-12,14,17H,3,5-6,8-9,13H2,1-2H3/t17-/m0/s1. The van der Waals surface area contributed by atoms with Crippen LogP contribution in [-0.2, 0) is 6.42 Å². The first-order valence-corrected chi connectivity index (χ1v) is 8.99. The van der Waals surface area contributed by atoms with E-state index in [0.29, 0.717) is 18.1 Å². The number of hydrogen-bond donors (Lipinski definition) is 0. The van der Waals surface area contributed by atoms with Crippen LogP contribution >= 0.6 is 0 Å². The lowest BCUT2D eigenvalue weighted by Gasteiger charge is -2.25. The summed E-state index contributed by atoms with van der Waals surface area (Å²) < 4.78 is 5.53. The van der Waals surface area contributed by atoms with E-state index in [-0.39, 0.29) is 11.9 Å². The molecule has 2 aromatic rings. The summed E-state index contributed by atoms with van der Waals surface area (Å²) in [5.74, 6) is 0.468. The van der Waals surface area contributed by atoms with E-state index in [1.54, 1.807) is 12.3 Å². The van der Waals surface area contributed by atoms with Crippen LogP contribution in [0.25, 0.3) is 0 Å². The second-order valence-corrected chi connectivity index (χ2v) is 6.43. The molecule has 0 saturated carbocycles. The lowest BCUT2D eigenvalue weighted by Crippen LogP contribution is -2.36. The first-order valence-electron chi connectivity index (χ1n) is 8.99. The zero-order valence-corrected chi connectivity index (χ0v) is 14.9. The topological polar surface area (TPSA) is 55.3 Å². The molecule has 25 heavy (non-hydrogen) atoms. The van der Waals surface area contributed by atoms with Crippen molar-refractivity contribution in [3.05, 3.63) is 53.5 Å². The molecule has 0 radical (unpaired) electrons. The minimum atomic E-state index is 0.0324. The second kappa shape index (κ2) is 8.10. The Hall–Kier alpha value is -2.43. The summed E-state index contributed by atoms with van der Waals surface area (Å²) in [5, 5.41) is 0. The van der Waals surface area contributed by atoms with Crippen LogP contribution in [0.4, 0.5) is 0 Å². The second-order valence-electron chi connectivity index (χ2n) is 6.43. The van der Waals surface area contributed by atoms with Gasteiger partial charge in [-0.15, -0.1) is 0 Å². The molecule has 0 bridgehead atoms. The van der Waals surface area contributed by atoms with Crippen LogP contribution in [0.5, 0.6) is 5.88 Å².